The van der Waals surface area contributed by atoms with Gasteiger partial charge in [-0.15, -0.1) is 22.7 Å². The Balaban J connectivity index is 0.823. The fourth-order valence-corrected chi connectivity index (χ4v) is 15.4. The van der Waals surface area contributed by atoms with Crippen molar-refractivity contribution in [3.05, 3.63) is 301 Å². The lowest BCUT2D eigenvalue weighted by molar-refractivity contribution is 0.768. The summed E-state index contributed by atoms with van der Waals surface area (Å²) >= 11 is 3.84. The highest BCUT2D eigenvalue weighted by Crippen LogP contribution is 2.57. The number of benzene rings is 12. The van der Waals surface area contributed by atoms with Crippen LogP contribution in [0.2, 0.25) is 0 Å². The Bertz CT molecular complexity index is 4590. The summed E-state index contributed by atoms with van der Waals surface area (Å²) in [5.74, 6) is 0. The molecule has 0 atom stereocenters. The third kappa shape index (κ3) is 6.66. The molecule has 0 aliphatic heterocycles. The van der Waals surface area contributed by atoms with E-state index in [2.05, 4.69) is 289 Å². The Kier molecular flexibility index (Phi) is 9.93. The second-order valence-corrected chi connectivity index (χ2v) is 22.4. The predicted octanol–water partition coefficient (Wildman–Crippen LogP) is 20.7. The van der Waals surface area contributed by atoms with Crippen LogP contribution in [0.15, 0.2) is 279 Å². The minimum atomic E-state index is -0.516. The van der Waals surface area contributed by atoms with Crippen molar-refractivity contribution in [3.8, 4) is 39.1 Å². The summed E-state index contributed by atoms with van der Waals surface area (Å²) in [5, 5.41) is 7.98. The van der Waals surface area contributed by atoms with E-state index in [-0.39, 0.29) is 0 Å². The van der Waals surface area contributed by atoms with Crippen molar-refractivity contribution in [2.75, 3.05) is 4.90 Å². The van der Waals surface area contributed by atoms with Gasteiger partial charge in [-0.3, -0.25) is 0 Å². The molecule has 2 nitrogen and oxygen atoms in total. The van der Waals surface area contributed by atoms with Crippen LogP contribution in [-0.2, 0) is 5.41 Å². The molecule has 360 valence electrons. The zero-order valence-corrected chi connectivity index (χ0v) is 43.4. The molecule has 0 saturated carbocycles. The number of aromatic nitrogens is 1. The summed E-state index contributed by atoms with van der Waals surface area (Å²) in [4.78, 5) is 2.43. The van der Waals surface area contributed by atoms with Crippen molar-refractivity contribution >= 4 is 102 Å². The van der Waals surface area contributed by atoms with Gasteiger partial charge < -0.3 is 9.47 Å². The largest absolute Gasteiger partial charge is 0.310 e. The van der Waals surface area contributed by atoms with E-state index in [9.17, 15) is 0 Å². The van der Waals surface area contributed by atoms with Crippen LogP contribution in [-0.4, -0.2) is 4.57 Å². The SMILES string of the molecule is c1ccc(-c2ccc(N(c3ccc(-c4ccc(-n5c6ccc7c8ccccc8sc7c6c6c7sc8ccccc8c7ccc65)cc4)cc3)c3ccc4c(c3)C(c3ccccc3)(c3ccccc3)c3ccccc3-4)cc2)cc1. The Morgan fingerprint density at radius 1 is 0.312 bits per heavy atom. The maximum absolute atomic E-state index is 2.49. The van der Waals surface area contributed by atoms with Gasteiger partial charge in [0.1, 0.15) is 0 Å². The first-order chi connectivity index (χ1) is 38.2. The molecule has 16 rings (SSSR count). The molecule has 15 aromatic rings. The predicted molar refractivity (Wildman–Crippen MR) is 329 cm³/mol. The van der Waals surface area contributed by atoms with Crippen molar-refractivity contribution < 1.29 is 0 Å². The van der Waals surface area contributed by atoms with Gasteiger partial charge in [-0.05, 0) is 128 Å². The highest BCUT2D eigenvalue weighted by Gasteiger charge is 2.46. The number of hydrogen-bond donors (Lipinski definition) is 0. The molecule has 12 aromatic carbocycles. The summed E-state index contributed by atoms with van der Waals surface area (Å²) in [6.07, 6.45) is 0. The molecule has 0 radical (unpaired) electrons. The number of anilines is 3. The van der Waals surface area contributed by atoms with Crippen LogP contribution in [0.25, 0.3) is 101 Å². The minimum absolute atomic E-state index is 0.516. The molecule has 3 aromatic heterocycles. The Labute approximate surface area is 454 Å². The van der Waals surface area contributed by atoms with Crippen molar-refractivity contribution in [1.29, 1.82) is 0 Å². The highest BCUT2D eigenvalue weighted by atomic mass is 32.1. The van der Waals surface area contributed by atoms with Crippen LogP contribution in [0.3, 0.4) is 0 Å². The van der Waals surface area contributed by atoms with Gasteiger partial charge in [0.2, 0.25) is 0 Å². The van der Waals surface area contributed by atoms with Gasteiger partial charge in [0.25, 0.3) is 0 Å². The summed E-state index contributed by atoms with van der Waals surface area (Å²) in [5.41, 5.74) is 18.7. The molecular formula is C73H46N2S2. The molecule has 1 aliphatic carbocycles. The highest BCUT2D eigenvalue weighted by molar-refractivity contribution is 7.28. The maximum Gasteiger partial charge on any atom is 0.0714 e. The van der Waals surface area contributed by atoms with Crippen LogP contribution >= 0.6 is 22.7 Å². The fourth-order valence-electron chi connectivity index (χ4n) is 12.9. The molecule has 77 heavy (non-hydrogen) atoms. The third-order valence-corrected chi connectivity index (χ3v) is 18.7. The van der Waals surface area contributed by atoms with Crippen LogP contribution < -0.4 is 4.90 Å². The average molecular weight is 1020 g/mol. The molecule has 0 N–H and O–H groups in total. The molecule has 4 heteroatoms. The van der Waals surface area contributed by atoms with Gasteiger partial charge in [-0.25, -0.2) is 0 Å². The van der Waals surface area contributed by atoms with Crippen LogP contribution in [0.5, 0.6) is 0 Å². The summed E-state index contributed by atoms with van der Waals surface area (Å²) < 4.78 is 7.85. The second-order valence-electron chi connectivity index (χ2n) is 20.3. The van der Waals surface area contributed by atoms with E-state index in [0.717, 1.165) is 28.3 Å². The Hall–Kier alpha value is -9.32. The smallest absolute Gasteiger partial charge is 0.0714 e. The molecular weight excluding hydrogens is 969 g/mol. The minimum Gasteiger partial charge on any atom is -0.310 e. The van der Waals surface area contributed by atoms with Crippen LogP contribution in [0, 0.1) is 0 Å². The van der Waals surface area contributed by atoms with E-state index < -0.39 is 5.41 Å². The molecule has 0 unspecified atom stereocenters. The summed E-state index contributed by atoms with van der Waals surface area (Å²) in [6, 6.07) is 103. The average Bonchev–Trinajstić information content (AvgIpc) is 4.28. The zero-order chi connectivity index (χ0) is 50.6. The van der Waals surface area contributed by atoms with E-state index in [1.54, 1.807) is 0 Å². The summed E-state index contributed by atoms with van der Waals surface area (Å²) in [6.45, 7) is 0. The molecule has 0 spiro atoms. The second kappa shape index (κ2) is 17.4. The normalized spacial score (nSPS) is 12.8. The lowest BCUT2D eigenvalue weighted by Crippen LogP contribution is -2.28. The molecule has 0 fully saturated rings. The van der Waals surface area contributed by atoms with Crippen LogP contribution in [0.4, 0.5) is 17.1 Å². The number of nitrogens with zero attached hydrogens (tertiary/aromatic N) is 2. The standard InChI is InChI=1S/C73H46N2S2/c1-4-16-47(17-5-1)48-28-34-53(35-29-48)74(56-40-41-58-57-22-10-13-25-63(57)73(64(58)46-56,51-18-6-2-7-19-51)52-20-8-3-9-21-52)54-36-30-49(31-37-54)50-32-38-55(39-33-50)75-65-44-42-61-59-23-11-14-26-67(59)76-71(61)69(65)70-66(75)45-43-62-60-24-12-15-27-68(60)77-72(62)70/h1-46H. The molecule has 1 aliphatic rings. The topological polar surface area (TPSA) is 8.17 Å². The van der Waals surface area contributed by atoms with Gasteiger partial charge in [-0.2, -0.15) is 0 Å². The van der Waals surface area contributed by atoms with E-state index in [1.165, 1.54) is 112 Å². The maximum atomic E-state index is 2.49. The molecule has 0 amide bonds. The quantitative estimate of drug-likeness (QED) is 0.147. The number of thiophene rings is 2. The van der Waals surface area contributed by atoms with Gasteiger partial charge in [0, 0.05) is 73.9 Å². The number of hydrogen-bond acceptors (Lipinski definition) is 3. The molecule has 0 bridgehead atoms. The molecule has 3 heterocycles. The Morgan fingerprint density at radius 3 is 1.29 bits per heavy atom. The van der Waals surface area contributed by atoms with Crippen molar-refractivity contribution in [3.63, 3.8) is 0 Å². The van der Waals surface area contributed by atoms with Gasteiger partial charge >= 0.3 is 0 Å². The monoisotopic (exact) mass is 1010 g/mol. The van der Waals surface area contributed by atoms with Crippen molar-refractivity contribution in [2.45, 2.75) is 5.41 Å². The van der Waals surface area contributed by atoms with Crippen molar-refractivity contribution in [2.24, 2.45) is 0 Å². The van der Waals surface area contributed by atoms with E-state index in [4.69, 9.17) is 0 Å². The number of rotatable bonds is 8. The van der Waals surface area contributed by atoms with E-state index >= 15 is 0 Å². The van der Waals surface area contributed by atoms with Crippen molar-refractivity contribution in [1.82, 2.24) is 4.57 Å². The van der Waals surface area contributed by atoms with E-state index in [1.807, 2.05) is 22.7 Å². The Morgan fingerprint density at radius 2 is 0.740 bits per heavy atom. The first kappa shape index (κ1) is 44.0. The lowest BCUT2D eigenvalue weighted by Gasteiger charge is -2.35. The first-order valence-corrected chi connectivity index (χ1v) is 28.0. The van der Waals surface area contributed by atoms with Crippen LogP contribution in [0.1, 0.15) is 22.3 Å². The molecule has 0 saturated heterocycles. The van der Waals surface area contributed by atoms with Gasteiger partial charge in [0.15, 0.2) is 0 Å². The third-order valence-electron chi connectivity index (χ3n) is 16.3. The van der Waals surface area contributed by atoms with E-state index in [0.29, 0.717) is 0 Å². The first-order valence-electron chi connectivity index (χ1n) is 26.4. The zero-order valence-electron chi connectivity index (χ0n) is 41.8. The fraction of sp³-hybridized carbons (Fsp3) is 0.0137. The lowest BCUT2D eigenvalue weighted by atomic mass is 9.67. The number of fused-ring (bicyclic) bond motifs is 14. The van der Waals surface area contributed by atoms with Gasteiger partial charge in [0.05, 0.1) is 16.4 Å². The van der Waals surface area contributed by atoms with Gasteiger partial charge in [-0.1, -0.05) is 206 Å². The summed E-state index contributed by atoms with van der Waals surface area (Å²) in [7, 11) is 0.